The number of hydrogen-bond acceptors (Lipinski definition) is 7. The van der Waals surface area contributed by atoms with Crippen molar-refractivity contribution in [2.75, 3.05) is 23.3 Å². The molecule has 2 fully saturated rings. The molecule has 0 bridgehead atoms. The summed E-state index contributed by atoms with van der Waals surface area (Å²) in [6, 6.07) is 4.29. The summed E-state index contributed by atoms with van der Waals surface area (Å²) in [5, 5.41) is 8.67. The molecule has 2 N–H and O–H groups in total. The summed E-state index contributed by atoms with van der Waals surface area (Å²) in [5.74, 6) is 2.11. The summed E-state index contributed by atoms with van der Waals surface area (Å²) < 4.78 is 0. The minimum Gasteiger partial charge on any atom is -0.360 e. The minimum atomic E-state index is 0.452. The standard InChI is InChI=1S/C20H27N7S2/c1-14-6-4-11-27(13-14)16-12-17(29-20-21-9-5-10-22-20)25-18(24-16)26-19(28)23-15-7-2-3-8-15/h5,9-10,12,14-15H,2-4,6-8,11,13H2,1H3,(H2,23,24,25,26,28)/t14-/m1/s1. The minimum absolute atomic E-state index is 0.452. The molecule has 0 radical (unpaired) electrons. The maximum atomic E-state index is 5.52. The number of nitrogens with one attached hydrogen (secondary N) is 2. The highest BCUT2D eigenvalue weighted by Gasteiger charge is 2.20. The summed E-state index contributed by atoms with van der Waals surface area (Å²) in [5.41, 5.74) is 0. The molecule has 7 nitrogen and oxygen atoms in total. The number of thiocarbonyl (C=S) groups is 1. The molecule has 2 aromatic rings. The van der Waals surface area contributed by atoms with Crippen molar-refractivity contribution in [3.63, 3.8) is 0 Å². The molecule has 1 atom stereocenters. The van der Waals surface area contributed by atoms with E-state index in [1.807, 2.05) is 12.1 Å². The summed E-state index contributed by atoms with van der Waals surface area (Å²) in [6.07, 6.45) is 10.8. The Morgan fingerprint density at radius 2 is 1.93 bits per heavy atom. The van der Waals surface area contributed by atoms with Gasteiger partial charge < -0.3 is 15.5 Å². The molecule has 29 heavy (non-hydrogen) atoms. The van der Waals surface area contributed by atoms with Gasteiger partial charge in [0.05, 0.1) is 0 Å². The third kappa shape index (κ3) is 5.76. The molecule has 1 saturated carbocycles. The average Bonchev–Trinajstić information content (AvgIpc) is 3.21. The Balaban J connectivity index is 1.54. The molecule has 0 unspecified atom stereocenters. The van der Waals surface area contributed by atoms with E-state index in [4.69, 9.17) is 17.2 Å². The van der Waals surface area contributed by atoms with Gasteiger partial charge in [-0.05, 0) is 61.6 Å². The average molecular weight is 430 g/mol. The van der Waals surface area contributed by atoms with Gasteiger partial charge in [0.15, 0.2) is 10.3 Å². The van der Waals surface area contributed by atoms with Crippen molar-refractivity contribution in [3.05, 3.63) is 24.5 Å². The lowest BCUT2D eigenvalue weighted by molar-refractivity contribution is 0.444. The Morgan fingerprint density at radius 3 is 2.69 bits per heavy atom. The fourth-order valence-electron chi connectivity index (χ4n) is 3.91. The van der Waals surface area contributed by atoms with Crippen LogP contribution in [0.2, 0.25) is 0 Å². The summed E-state index contributed by atoms with van der Waals surface area (Å²) in [6.45, 7) is 4.31. The van der Waals surface area contributed by atoms with Crippen LogP contribution in [0.15, 0.2) is 34.7 Å². The van der Waals surface area contributed by atoms with Crippen LogP contribution in [0.3, 0.4) is 0 Å². The van der Waals surface area contributed by atoms with Gasteiger partial charge >= 0.3 is 0 Å². The Bertz CT molecular complexity index is 827. The number of aromatic nitrogens is 4. The number of piperidine rings is 1. The molecule has 2 aliphatic rings. The zero-order valence-electron chi connectivity index (χ0n) is 16.7. The van der Waals surface area contributed by atoms with Gasteiger partial charge in [-0.3, -0.25) is 0 Å². The molecule has 1 saturated heterocycles. The van der Waals surface area contributed by atoms with E-state index in [9.17, 15) is 0 Å². The Kier molecular flexibility index (Phi) is 6.76. The second-order valence-corrected chi connectivity index (χ2v) is 9.19. The van der Waals surface area contributed by atoms with Crippen LogP contribution >= 0.6 is 24.0 Å². The normalized spacial score (nSPS) is 19.9. The monoisotopic (exact) mass is 429 g/mol. The first-order valence-corrected chi connectivity index (χ1v) is 11.5. The SMILES string of the molecule is C[C@@H]1CCCN(c2cc(Sc3ncccn3)nc(NC(=S)NC3CCCC3)n2)C1. The third-order valence-corrected chi connectivity index (χ3v) is 6.36. The van der Waals surface area contributed by atoms with E-state index in [0.29, 0.717) is 28.2 Å². The first kappa shape index (κ1) is 20.3. The van der Waals surface area contributed by atoms with Crippen LogP contribution in [0.4, 0.5) is 11.8 Å². The molecule has 1 aliphatic carbocycles. The molecule has 0 amide bonds. The van der Waals surface area contributed by atoms with Gasteiger partial charge in [0.2, 0.25) is 5.95 Å². The largest absolute Gasteiger partial charge is 0.360 e. The van der Waals surface area contributed by atoms with Gasteiger partial charge in [-0.1, -0.05) is 19.8 Å². The van der Waals surface area contributed by atoms with Crippen LogP contribution in [-0.2, 0) is 0 Å². The van der Waals surface area contributed by atoms with Crippen LogP contribution in [0.25, 0.3) is 0 Å². The number of rotatable bonds is 5. The van der Waals surface area contributed by atoms with Gasteiger partial charge in [-0.25, -0.2) is 15.0 Å². The van der Waals surface area contributed by atoms with E-state index in [2.05, 4.69) is 37.4 Å². The summed E-state index contributed by atoms with van der Waals surface area (Å²) in [7, 11) is 0. The highest BCUT2D eigenvalue weighted by molar-refractivity contribution is 7.99. The molecule has 3 heterocycles. The molecular weight excluding hydrogens is 402 g/mol. The van der Waals surface area contributed by atoms with Crippen LogP contribution in [-0.4, -0.2) is 44.2 Å². The summed E-state index contributed by atoms with van der Waals surface area (Å²) >= 11 is 6.95. The van der Waals surface area contributed by atoms with Crippen LogP contribution in [0.1, 0.15) is 45.4 Å². The lowest BCUT2D eigenvalue weighted by Crippen LogP contribution is -2.37. The predicted octanol–water partition coefficient (Wildman–Crippen LogP) is 3.88. The van der Waals surface area contributed by atoms with Gasteiger partial charge in [-0.15, -0.1) is 0 Å². The van der Waals surface area contributed by atoms with Gasteiger partial charge in [0, 0.05) is 37.6 Å². The van der Waals surface area contributed by atoms with Gasteiger partial charge in [0.25, 0.3) is 0 Å². The topological polar surface area (TPSA) is 78.9 Å². The molecule has 2 aromatic heterocycles. The van der Waals surface area contributed by atoms with E-state index < -0.39 is 0 Å². The lowest BCUT2D eigenvalue weighted by atomic mass is 10.0. The van der Waals surface area contributed by atoms with Crippen LogP contribution in [0.5, 0.6) is 0 Å². The predicted molar refractivity (Wildman–Crippen MR) is 120 cm³/mol. The quantitative estimate of drug-likeness (QED) is 0.418. The second-order valence-electron chi connectivity index (χ2n) is 7.79. The number of hydrogen-bond donors (Lipinski definition) is 2. The fourth-order valence-corrected chi connectivity index (χ4v) is 4.87. The van der Waals surface area contributed by atoms with Crippen molar-refractivity contribution < 1.29 is 0 Å². The highest BCUT2D eigenvalue weighted by Crippen LogP contribution is 2.29. The van der Waals surface area contributed by atoms with Crippen molar-refractivity contribution >= 4 is 40.9 Å². The zero-order valence-corrected chi connectivity index (χ0v) is 18.3. The fraction of sp³-hybridized carbons (Fsp3) is 0.550. The van der Waals surface area contributed by atoms with E-state index in [1.54, 1.807) is 12.4 Å². The van der Waals surface area contributed by atoms with E-state index in [0.717, 1.165) is 23.9 Å². The van der Waals surface area contributed by atoms with E-state index >= 15 is 0 Å². The Morgan fingerprint density at radius 1 is 1.14 bits per heavy atom. The van der Waals surface area contributed by atoms with Gasteiger partial charge in [-0.2, -0.15) is 4.98 Å². The van der Waals surface area contributed by atoms with E-state index in [1.165, 1.54) is 50.3 Å². The molecule has 0 spiro atoms. The Labute approximate surface area is 181 Å². The van der Waals surface area contributed by atoms with Crippen molar-refractivity contribution in [2.45, 2.75) is 61.7 Å². The third-order valence-electron chi connectivity index (χ3n) is 5.32. The van der Waals surface area contributed by atoms with Crippen molar-refractivity contribution in [1.82, 2.24) is 25.3 Å². The summed E-state index contributed by atoms with van der Waals surface area (Å²) in [4.78, 5) is 20.4. The smallest absolute Gasteiger partial charge is 0.232 e. The molecular formula is C20H27N7S2. The maximum absolute atomic E-state index is 5.52. The van der Waals surface area contributed by atoms with Crippen LogP contribution < -0.4 is 15.5 Å². The van der Waals surface area contributed by atoms with Crippen molar-refractivity contribution in [3.8, 4) is 0 Å². The second kappa shape index (κ2) is 9.67. The van der Waals surface area contributed by atoms with Crippen LogP contribution in [0, 0.1) is 5.92 Å². The van der Waals surface area contributed by atoms with Gasteiger partial charge in [0.1, 0.15) is 10.8 Å². The lowest BCUT2D eigenvalue weighted by Gasteiger charge is -2.32. The highest BCUT2D eigenvalue weighted by atomic mass is 32.2. The van der Waals surface area contributed by atoms with E-state index in [-0.39, 0.29) is 0 Å². The molecule has 4 rings (SSSR count). The Hall–Kier alpha value is -2.00. The number of nitrogens with zero attached hydrogens (tertiary/aromatic N) is 5. The molecule has 1 aliphatic heterocycles. The molecule has 0 aromatic carbocycles. The molecule has 9 heteroatoms. The van der Waals surface area contributed by atoms with Crippen molar-refractivity contribution in [2.24, 2.45) is 5.92 Å². The van der Waals surface area contributed by atoms with Crippen molar-refractivity contribution in [1.29, 1.82) is 0 Å². The number of anilines is 2. The maximum Gasteiger partial charge on any atom is 0.232 e. The first-order valence-electron chi connectivity index (χ1n) is 10.3. The zero-order chi connectivity index (χ0) is 20.1. The first-order chi connectivity index (χ1) is 14.2. The molecule has 154 valence electrons.